The third-order valence-electron chi connectivity index (χ3n) is 3.21. The molecular weight excluding hydrogens is 253 g/mol. The minimum absolute atomic E-state index is 0.321. The zero-order chi connectivity index (χ0) is 13.9. The summed E-state index contributed by atoms with van der Waals surface area (Å²) >= 11 is 0. The van der Waals surface area contributed by atoms with Crippen molar-refractivity contribution in [2.75, 3.05) is 11.1 Å². The van der Waals surface area contributed by atoms with Crippen LogP contribution < -0.4 is 11.1 Å². The van der Waals surface area contributed by atoms with Gasteiger partial charge >= 0.3 is 0 Å². The number of anilines is 2. The molecule has 0 spiro atoms. The van der Waals surface area contributed by atoms with E-state index < -0.39 is 0 Å². The van der Waals surface area contributed by atoms with Gasteiger partial charge in [-0.3, -0.25) is 0 Å². The molecule has 3 rings (SSSR count). The van der Waals surface area contributed by atoms with Crippen molar-refractivity contribution in [2.45, 2.75) is 6.54 Å². The Morgan fingerprint density at radius 3 is 2.65 bits per heavy atom. The Hall–Kier alpha value is -2.62. The molecule has 0 fully saturated rings. The number of rotatable bonds is 3. The van der Waals surface area contributed by atoms with Crippen molar-refractivity contribution >= 4 is 22.3 Å². The van der Waals surface area contributed by atoms with Crippen LogP contribution in [0.4, 0.5) is 15.9 Å². The Morgan fingerprint density at radius 2 is 1.85 bits per heavy atom. The van der Waals surface area contributed by atoms with Crippen LogP contribution in [0.25, 0.3) is 10.8 Å². The summed E-state index contributed by atoms with van der Waals surface area (Å²) in [6, 6.07) is 14.6. The molecular formula is C16H14FN3. The van der Waals surface area contributed by atoms with E-state index in [4.69, 9.17) is 5.73 Å². The topological polar surface area (TPSA) is 50.9 Å². The monoisotopic (exact) mass is 267 g/mol. The second kappa shape index (κ2) is 5.17. The fraction of sp³-hybridized carbons (Fsp3) is 0.0625. The van der Waals surface area contributed by atoms with E-state index >= 15 is 0 Å². The lowest BCUT2D eigenvalue weighted by molar-refractivity contribution is 0.640. The maximum Gasteiger partial charge on any atom is 0.137 e. The van der Waals surface area contributed by atoms with Crippen molar-refractivity contribution in [3.05, 3.63) is 66.1 Å². The molecule has 0 aliphatic heterocycles. The predicted octanol–water partition coefficient (Wildman–Crippen LogP) is 3.57. The van der Waals surface area contributed by atoms with E-state index in [1.165, 1.54) is 6.07 Å². The summed E-state index contributed by atoms with van der Waals surface area (Å²) in [7, 11) is 0. The van der Waals surface area contributed by atoms with Gasteiger partial charge in [0.1, 0.15) is 11.6 Å². The lowest BCUT2D eigenvalue weighted by Gasteiger charge is -2.10. The zero-order valence-corrected chi connectivity index (χ0v) is 10.8. The van der Waals surface area contributed by atoms with Crippen LogP contribution in [-0.2, 0) is 6.54 Å². The maximum absolute atomic E-state index is 14.0. The molecule has 0 saturated carbocycles. The van der Waals surface area contributed by atoms with E-state index in [0.29, 0.717) is 28.8 Å². The maximum atomic E-state index is 14.0. The predicted molar refractivity (Wildman–Crippen MR) is 79.9 cm³/mol. The molecule has 0 amide bonds. The van der Waals surface area contributed by atoms with Gasteiger partial charge in [-0.15, -0.1) is 0 Å². The lowest BCUT2D eigenvalue weighted by atomic mass is 10.1. The van der Waals surface area contributed by atoms with Gasteiger partial charge in [-0.05, 0) is 23.8 Å². The molecule has 2 aromatic carbocycles. The number of halogens is 1. The molecule has 0 radical (unpaired) electrons. The van der Waals surface area contributed by atoms with Crippen LogP contribution in [0.15, 0.2) is 54.7 Å². The average molecular weight is 267 g/mol. The first kappa shape index (κ1) is 12.4. The summed E-state index contributed by atoms with van der Waals surface area (Å²) in [6.45, 7) is 0.585. The first-order valence-electron chi connectivity index (χ1n) is 6.36. The fourth-order valence-electron chi connectivity index (χ4n) is 2.20. The van der Waals surface area contributed by atoms with Gasteiger partial charge in [-0.25, -0.2) is 9.37 Å². The third kappa shape index (κ3) is 2.28. The smallest absolute Gasteiger partial charge is 0.137 e. The van der Waals surface area contributed by atoms with Crippen molar-refractivity contribution in [1.29, 1.82) is 0 Å². The SMILES string of the molecule is Nc1ccc(F)c2c(NCc3ccccc3)nccc12. The number of hydrogen-bond donors (Lipinski definition) is 2. The molecule has 3 aromatic rings. The minimum atomic E-state index is -0.321. The van der Waals surface area contributed by atoms with E-state index in [0.717, 1.165) is 5.56 Å². The van der Waals surface area contributed by atoms with Crippen LogP contribution in [-0.4, -0.2) is 4.98 Å². The van der Waals surface area contributed by atoms with Crippen LogP contribution >= 0.6 is 0 Å². The normalized spacial score (nSPS) is 10.7. The second-order valence-electron chi connectivity index (χ2n) is 4.56. The van der Waals surface area contributed by atoms with E-state index in [2.05, 4.69) is 10.3 Å². The number of hydrogen-bond acceptors (Lipinski definition) is 3. The molecule has 0 aliphatic carbocycles. The van der Waals surface area contributed by atoms with Crippen molar-refractivity contribution < 1.29 is 4.39 Å². The minimum Gasteiger partial charge on any atom is -0.398 e. The number of nitrogen functional groups attached to an aromatic ring is 1. The summed E-state index contributed by atoms with van der Waals surface area (Å²) in [5.41, 5.74) is 7.53. The van der Waals surface area contributed by atoms with E-state index in [1.807, 2.05) is 30.3 Å². The highest BCUT2D eigenvalue weighted by atomic mass is 19.1. The first-order chi connectivity index (χ1) is 9.75. The summed E-state index contributed by atoms with van der Waals surface area (Å²) < 4.78 is 14.0. The number of pyridine rings is 1. The number of nitrogens with two attached hydrogens (primary N) is 1. The molecule has 4 heteroatoms. The van der Waals surface area contributed by atoms with Gasteiger partial charge in [0.05, 0.1) is 5.39 Å². The summed E-state index contributed by atoms with van der Waals surface area (Å²) in [5, 5.41) is 4.28. The number of aromatic nitrogens is 1. The molecule has 0 atom stereocenters. The highest BCUT2D eigenvalue weighted by Gasteiger charge is 2.09. The quantitative estimate of drug-likeness (QED) is 0.713. The highest BCUT2D eigenvalue weighted by molar-refractivity contribution is 5.99. The van der Waals surface area contributed by atoms with Crippen LogP contribution in [0.3, 0.4) is 0 Å². The van der Waals surface area contributed by atoms with Gasteiger partial charge in [-0.2, -0.15) is 0 Å². The molecule has 1 aromatic heterocycles. The Morgan fingerprint density at radius 1 is 1.05 bits per heavy atom. The molecule has 100 valence electrons. The molecule has 20 heavy (non-hydrogen) atoms. The van der Waals surface area contributed by atoms with Crippen molar-refractivity contribution in [2.24, 2.45) is 0 Å². The number of nitrogens with one attached hydrogen (secondary N) is 1. The van der Waals surface area contributed by atoms with Crippen molar-refractivity contribution in [3.8, 4) is 0 Å². The molecule has 3 N–H and O–H groups in total. The summed E-state index contributed by atoms with van der Waals surface area (Å²) in [5.74, 6) is 0.189. The molecule has 0 aliphatic rings. The number of nitrogens with zero attached hydrogens (tertiary/aromatic N) is 1. The van der Waals surface area contributed by atoms with E-state index in [-0.39, 0.29) is 5.82 Å². The highest BCUT2D eigenvalue weighted by Crippen LogP contribution is 2.28. The third-order valence-corrected chi connectivity index (χ3v) is 3.21. The average Bonchev–Trinajstić information content (AvgIpc) is 2.50. The molecule has 0 unspecified atom stereocenters. The Bertz CT molecular complexity index is 741. The van der Waals surface area contributed by atoms with Gasteiger partial charge < -0.3 is 11.1 Å². The van der Waals surface area contributed by atoms with Crippen molar-refractivity contribution in [3.63, 3.8) is 0 Å². The lowest BCUT2D eigenvalue weighted by Crippen LogP contribution is -2.03. The first-order valence-corrected chi connectivity index (χ1v) is 6.36. The Kier molecular flexibility index (Phi) is 3.21. The number of benzene rings is 2. The van der Waals surface area contributed by atoms with Gasteiger partial charge in [0.2, 0.25) is 0 Å². The summed E-state index contributed by atoms with van der Waals surface area (Å²) in [4.78, 5) is 4.22. The molecule has 0 bridgehead atoms. The van der Waals surface area contributed by atoms with Crippen LogP contribution in [0.2, 0.25) is 0 Å². The largest absolute Gasteiger partial charge is 0.398 e. The van der Waals surface area contributed by atoms with Crippen LogP contribution in [0.1, 0.15) is 5.56 Å². The van der Waals surface area contributed by atoms with Gasteiger partial charge in [0.15, 0.2) is 0 Å². The molecule has 0 saturated heterocycles. The Balaban J connectivity index is 1.98. The Labute approximate surface area is 116 Å². The molecule has 3 nitrogen and oxygen atoms in total. The standard InChI is InChI=1S/C16H14FN3/c17-13-6-7-14(18)12-8-9-19-16(15(12)13)20-10-11-4-2-1-3-5-11/h1-9H,10,18H2,(H,19,20). The second-order valence-corrected chi connectivity index (χ2v) is 4.56. The van der Waals surface area contributed by atoms with Gasteiger partial charge in [0, 0.05) is 23.8 Å². The van der Waals surface area contributed by atoms with E-state index in [9.17, 15) is 4.39 Å². The summed E-state index contributed by atoms with van der Waals surface area (Å²) in [6.07, 6.45) is 1.63. The van der Waals surface area contributed by atoms with Crippen LogP contribution in [0.5, 0.6) is 0 Å². The van der Waals surface area contributed by atoms with Crippen molar-refractivity contribution in [1.82, 2.24) is 4.98 Å². The zero-order valence-electron chi connectivity index (χ0n) is 10.8. The van der Waals surface area contributed by atoms with E-state index in [1.54, 1.807) is 18.3 Å². The number of fused-ring (bicyclic) bond motifs is 1. The van der Waals surface area contributed by atoms with Gasteiger partial charge in [-0.1, -0.05) is 30.3 Å². The van der Waals surface area contributed by atoms with Gasteiger partial charge in [0.25, 0.3) is 0 Å². The molecule has 1 heterocycles. The fourth-order valence-corrected chi connectivity index (χ4v) is 2.20. The van der Waals surface area contributed by atoms with Crippen LogP contribution in [0, 0.1) is 5.82 Å².